The molecule has 0 heterocycles. The second kappa shape index (κ2) is 8.88. The number of sulfone groups is 1. The van der Waals surface area contributed by atoms with Gasteiger partial charge in [0, 0.05) is 12.7 Å². The average Bonchev–Trinajstić information content (AvgIpc) is 3.08. The molecule has 2 radical (unpaired) electrons. The fourth-order valence-electron chi connectivity index (χ4n) is 3.79. The number of fused-ring (bicyclic) bond motifs is 1. The maximum absolute atomic E-state index is 14.1. The first-order valence-electron chi connectivity index (χ1n) is 9.93. The van der Waals surface area contributed by atoms with E-state index in [1.807, 2.05) is 0 Å². The number of halogens is 4. The monoisotopic (exact) mass is 468 g/mol. The van der Waals surface area contributed by atoms with Crippen molar-refractivity contribution < 1.29 is 35.5 Å². The molecule has 0 aliphatic heterocycles. The summed E-state index contributed by atoms with van der Waals surface area (Å²) in [6.45, 7) is 0.800. The smallest absolute Gasteiger partial charge is 0.425 e. The molecule has 0 fully saturated rings. The second-order valence-electron chi connectivity index (χ2n) is 8.11. The van der Waals surface area contributed by atoms with Crippen molar-refractivity contribution in [3.8, 4) is 5.75 Å². The zero-order valence-corrected chi connectivity index (χ0v) is 18.3. The lowest BCUT2D eigenvalue weighted by Crippen LogP contribution is -2.31. The molecule has 32 heavy (non-hydrogen) atoms. The zero-order valence-electron chi connectivity index (χ0n) is 17.5. The van der Waals surface area contributed by atoms with Gasteiger partial charge < -0.3 is 4.74 Å². The molecule has 0 bridgehead atoms. The van der Waals surface area contributed by atoms with Crippen molar-refractivity contribution in [3.05, 3.63) is 52.8 Å². The summed E-state index contributed by atoms with van der Waals surface area (Å²) < 4.78 is 81.6. The third kappa shape index (κ3) is 5.52. The largest absolute Gasteiger partial charge is 0.480 e. The van der Waals surface area contributed by atoms with Crippen LogP contribution in [-0.2, 0) is 22.7 Å². The van der Waals surface area contributed by atoms with Crippen molar-refractivity contribution in [2.45, 2.75) is 49.8 Å². The van der Waals surface area contributed by atoms with Crippen LogP contribution in [0.4, 0.5) is 17.6 Å². The van der Waals surface area contributed by atoms with Crippen LogP contribution in [0.3, 0.4) is 0 Å². The number of ether oxygens (including phenoxy) is 1. The summed E-state index contributed by atoms with van der Waals surface area (Å²) in [7, 11) is 1.98. The summed E-state index contributed by atoms with van der Waals surface area (Å²) >= 11 is 0. The van der Waals surface area contributed by atoms with E-state index < -0.39 is 33.7 Å². The van der Waals surface area contributed by atoms with Gasteiger partial charge in [-0.2, -0.15) is 13.2 Å². The average molecular weight is 468 g/mol. The summed E-state index contributed by atoms with van der Waals surface area (Å²) in [6, 6.07) is 6.15. The van der Waals surface area contributed by atoms with Gasteiger partial charge in [0.25, 0.3) is 0 Å². The van der Waals surface area contributed by atoms with Gasteiger partial charge in [0.15, 0.2) is 21.7 Å². The zero-order chi connectivity index (χ0) is 23.8. The lowest BCUT2D eigenvalue weighted by molar-refractivity contribution is -0.189. The van der Waals surface area contributed by atoms with Crippen LogP contribution in [0.1, 0.15) is 41.3 Å². The van der Waals surface area contributed by atoms with Crippen molar-refractivity contribution in [2.75, 3.05) is 6.26 Å². The minimum atomic E-state index is -4.66. The Kier molecular flexibility index (Phi) is 6.74. The highest BCUT2D eigenvalue weighted by Crippen LogP contribution is 2.33. The highest BCUT2D eigenvalue weighted by Gasteiger charge is 2.38. The predicted molar refractivity (Wildman–Crippen MR) is 112 cm³/mol. The van der Waals surface area contributed by atoms with E-state index in [4.69, 9.17) is 12.6 Å². The fraction of sp³-hybridized carbons (Fsp3) is 0.409. The Hall–Kier alpha value is -2.36. The van der Waals surface area contributed by atoms with Crippen LogP contribution in [0.2, 0.25) is 0 Å². The third-order valence-corrected chi connectivity index (χ3v) is 6.65. The summed E-state index contributed by atoms with van der Waals surface area (Å²) in [6.07, 6.45) is -4.65. The molecule has 1 unspecified atom stereocenters. The molecule has 0 amide bonds. The number of carbonyl (C=O) groups is 1. The van der Waals surface area contributed by atoms with E-state index in [1.165, 1.54) is 6.07 Å². The van der Waals surface area contributed by atoms with Crippen LogP contribution >= 0.6 is 0 Å². The number of benzene rings is 2. The van der Waals surface area contributed by atoms with Gasteiger partial charge in [0.2, 0.25) is 0 Å². The normalized spacial score (nSPS) is 17.1. The minimum absolute atomic E-state index is 0.0400. The van der Waals surface area contributed by atoms with Crippen LogP contribution in [0.15, 0.2) is 35.2 Å². The van der Waals surface area contributed by atoms with E-state index in [0.717, 1.165) is 36.9 Å². The van der Waals surface area contributed by atoms with Gasteiger partial charge in [-0.25, -0.2) is 12.8 Å². The number of hydrogen-bond donors (Lipinski definition) is 0. The summed E-state index contributed by atoms with van der Waals surface area (Å²) in [5.74, 6) is -1.31. The van der Waals surface area contributed by atoms with Crippen LogP contribution in [-0.4, -0.2) is 40.6 Å². The standard InChI is InChI=1S/C22H21BF4O4S/c1-12(22(25,26)27)31-21-6-4-16(32(2,29)30)11-18(21)20(28)5-3-13-7-14-9-15(23)10-19(24)17(14)8-13/h4,6,9-13H,3,5,7-8H2,1-2H3/t12-,13?/m0/s1. The Morgan fingerprint density at radius 1 is 1.22 bits per heavy atom. The third-order valence-electron chi connectivity index (χ3n) is 5.54. The maximum atomic E-state index is 14.1. The van der Waals surface area contributed by atoms with E-state index in [9.17, 15) is 30.8 Å². The molecule has 4 nitrogen and oxygen atoms in total. The quantitative estimate of drug-likeness (QED) is 0.353. The molecule has 1 aliphatic carbocycles. The number of Topliss-reactive ketones (excluding diaryl/α,β-unsaturated/α-hetero) is 1. The minimum Gasteiger partial charge on any atom is -0.480 e. The Morgan fingerprint density at radius 2 is 1.91 bits per heavy atom. The summed E-state index contributed by atoms with van der Waals surface area (Å²) in [5, 5.41) is 0. The van der Waals surface area contributed by atoms with Crippen molar-refractivity contribution in [3.63, 3.8) is 0 Å². The van der Waals surface area contributed by atoms with E-state index in [-0.39, 0.29) is 28.5 Å². The predicted octanol–water partition coefficient (Wildman–Crippen LogP) is 3.73. The van der Waals surface area contributed by atoms with Crippen LogP contribution in [0.5, 0.6) is 5.75 Å². The van der Waals surface area contributed by atoms with Gasteiger partial charge in [-0.05, 0) is 67.5 Å². The topological polar surface area (TPSA) is 60.4 Å². The first-order valence-corrected chi connectivity index (χ1v) is 11.8. The number of alkyl halides is 3. The molecule has 10 heteroatoms. The Morgan fingerprint density at radius 3 is 2.53 bits per heavy atom. The Labute approximate surface area is 185 Å². The number of rotatable bonds is 7. The van der Waals surface area contributed by atoms with Gasteiger partial charge in [0.1, 0.15) is 19.4 Å². The van der Waals surface area contributed by atoms with Gasteiger partial charge in [-0.3, -0.25) is 4.79 Å². The molecular weight excluding hydrogens is 447 g/mol. The first-order chi connectivity index (χ1) is 14.8. The van der Waals surface area contributed by atoms with Gasteiger partial charge in [-0.1, -0.05) is 11.5 Å². The lowest BCUT2D eigenvalue weighted by Gasteiger charge is -2.20. The number of ketones is 1. The van der Waals surface area contributed by atoms with E-state index >= 15 is 0 Å². The van der Waals surface area contributed by atoms with E-state index in [2.05, 4.69) is 0 Å². The molecule has 2 aromatic carbocycles. The van der Waals surface area contributed by atoms with Crippen molar-refractivity contribution >= 4 is 28.9 Å². The lowest BCUT2D eigenvalue weighted by atomic mass is 9.92. The van der Waals surface area contributed by atoms with Gasteiger partial charge in [0.05, 0.1) is 10.5 Å². The highest BCUT2D eigenvalue weighted by molar-refractivity contribution is 7.90. The molecule has 0 spiro atoms. The molecule has 2 aromatic rings. The summed E-state index contributed by atoms with van der Waals surface area (Å²) in [5.41, 5.74) is 1.42. The molecule has 0 N–H and O–H groups in total. The Bertz CT molecular complexity index is 1150. The molecule has 0 aromatic heterocycles. The van der Waals surface area contributed by atoms with Crippen molar-refractivity contribution in [1.82, 2.24) is 0 Å². The number of carbonyl (C=O) groups excluding carboxylic acids is 1. The van der Waals surface area contributed by atoms with Crippen LogP contribution in [0.25, 0.3) is 0 Å². The second-order valence-corrected chi connectivity index (χ2v) is 10.1. The van der Waals surface area contributed by atoms with Gasteiger partial charge >= 0.3 is 6.18 Å². The molecule has 3 rings (SSSR count). The maximum Gasteiger partial charge on any atom is 0.425 e. The molecule has 2 atom stereocenters. The molecule has 1 aliphatic rings. The first kappa shape index (κ1) is 24.3. The van der Waals surface area contributed by atoms with Crippen LogP contribution in [0, 0.1) is 11.7 Å². The molecule has 170 valence electrons. The van der Waals surface area contributed by atoms with E-state index in [0.29, 0.717) is 30.3 Å². The number of hydrogen-bond acceptors (Lipinski definition) is 4. The SMILES string of the molecule is [B]c1cc(F)c2c(c1)CC(CCC(=O)c1cc(S(C)(=O)=O)ccc1O[C@@H](C)C(F)(F)F)C2. The van der Waals surface area contributed by atoms with Gasteiger partial charge in [-0.15, -0.1) is 0 Å². The molecule has 0 saturated heterocycles. The Balaban J connectivity index is 1.79. The molecular formula is C22H21BF4O4S. The summed E-state index contributed by atoms with van der Waals surface area (Å²) in [4.78, 5) is 12.7. The highest BCUT2D eigenvalue weighted by atomic mass is 32.2. The molecule has 0 saturated carbocycles. The van der Waals surface area contributed by atoms with Crippen molar-refractivity contribution in [2.24, 2.45) is 5.92 Å². The van der Waals surface area contributed by atoms with E-state index in [1.54, 1.807) is 6.07 Å². The van der Waals surface area contributed by atoms with Crippen molar-refractivity contribution in [1.29, 1.82) is 0 Å². The fourth-order valence-corrected chi connectivity index (χ4v) is 4.44. The van der Waals surface area contributed by atoms with Crippen LogP contribution < -0.4 is 10.2 Å².